The third-order valence-electron chi connectivity index (χ3n) is 3.28. The SMILES string of the molecule is COc1cc(/C=C(\C#N)C(N)=O)cc(I)c1OCc1ccccc1Br. The van der Waals surface area contributed by atoms with E-state index in [1.54, 1.807) is 18.2 Å². The number of primary amides is 1. The van der Waals surface area contributed by atoms with Crippen molar-refractivity contribution in [3.63, 3.8) is 0 Å². The fourth-order valence-corrected chi connectivity index (χ4v) is 3.23. The Labute approximate surface area is 167 Å². The van der Waals surface area contributed by atoms with Crippen molar-refractivity contribution < 1.29 is 14.3 Å². The zero-order valence-corrected chi connectivity index (χ0v) is 17.0. The van der Waals surface area contributed by atoms with Crippen LogP contribution in [0, 0.1) is 14.9 Å². The number of nitriles is 1. The first-order valence-corrected chi connectivity index (χ1v) is 8.98. The van der Waals surface area contributed by atoms with E-state index >= 15 is 0 Å². The van der Waals surface area contributed by atoms with Crippen molar-refractivity contribution in [2.24, 2.45) is 5.73 Å². The quantitative estimate of drug-likeness (QED) is 0.359. The van der Waals surface area contributed by atoms with Crippen LogP contribution < -0.4 is 15.2 Å². The second kappa shape index (κ2) is 8.87. The third-order valence-corrected chi connectivity index (χ3v) is 4.85. The number of hydrogen-bond donors (Lipinski definition) is 1. The Morgan fingerprint density at radius 1 is 1.40 bits per heavy atom. The van der Waals surface area contributed by atoms with Gasteiger partial charge in [0.25, 0.3) is 5.91 Å². The van der Waals surface area contributed by atoms with Gasteiger partial charge in [0.1, 0.15) is 18.2 Å². The Balaban J connectivity index is 2.33. The van der Waals surface area contributed by atoms with Crippen LogP contribution in [-0.4, -0.2) is 13.0 Å². The Bertz CT molecular complexity index is 875. The predicted molar refractivity (Wildman–Crippen MR) is 107 cm³/mol. The number of carbonyl (C=O) groups excluding carboxylic acids is 1. The van der Waals surface area contributed by atoms with Gasteiger partial charge in [0.05, 0.1) is 10.7 Å². The first-order chi connectivity index (χ1) is 12.0. The molecule has 0 aliphatic rings. The number of rotatable bonds is 6. The molecule has 0 unspecified atom stereocenters. The normalized spacial score (nSPS) is 10.9. The molecule has 0 aliphatic carbocycles. The van der Waals surface area contributed by atoms with Crippen LogP contribution in [0.4, 0.5) is 0 Å². The molecule has 2 N–H and O–H groups in total. The molecule has 0 radical (unpaired) electrons. The van der Waals surface area contributed by atoms with E-state index in [0.29, 0.717) is 23.7 Å². The largest absolute Gasteiger partial charge is 0.493 e. The summed E-state index contributed by atoms with van der Waals surface area (Å²) >= 11 is 5.61. The lowest BCUT2D eigenvalue weighted by atomic mass is 10.1. The van der Waals surface area contributed by atoms with Gasteiger partial charge >= 0.3 is 0 Å². The minimum Gasteiger partial charge on any atom is -0.493 e. The molecule has 0 aliphatic heterocycles. The number of nitrogens with zero attached hydrogens (tertiary/aromatic N) is 1. The molecule has 2 aromatic rings. The molecule has 128 valence electrons. The van der Waals surface area contributed by atoms with Crippen LogP contribution in [0.5, 0.6) is 11.5 Å². The van der Waals surface area contributed by atoms with Crippen molar-refractivity contribution in [1.82, 2.24) is 0 Å². The van der Waals surface area contributed by atoms with Crippen LogP contribution in [0.15, 0.2) is 46.4 Å². The molecule has 0 saturated carbocycles. The van der Waals surface area contributed by atoms with Crippen LogP contribution in [-0.2, 0) is 11.4 Å². The number of benzene rings is 2. The zero-order chi connectivity index (χ0) is 18.4. The number of hydrogen-bond acceptors (Lipinski definition) is 4. The van der Waals surface area contributed by atoms with Gasteiger partial charge in [0.15, 0.2) is 11.5 Å². The molecular formula is C18H14BrIN2O3. The summed E-state index contributed by atoms with van der Waals surface area (Å²) in [6, 6.07) is 13.0. The molecule has 0 saturated heterocycles. The van der Waals surface area contributed by atoms with Gasteiger partial charge in [0, 0.05) is 10.0 Å². The van der Waals surface area contributed by atoms with E-state index in [1.807, 2.05) is 24.3 Å². The minimum absolute atomic E-state index is 0.125. The smallest absolute Gasteiger partial charge is 0.259 e. The molecule has 7 heteroatoms. The van der Waals surface area contributed by atoms with Crippen molar-refractivity contribution in [3.8, 4) is 17.6 Å². The summed E-state index contributed by atoms with van der Waals surface area (Å²) in [5.41, 5.74) is 6.68. The molecule has 2 aromatic carbocycles. The molecule has 1 amide bonds. The van der Waals surface area contributed by atoms with Gasteiger partial charge in [-0.05, 0) is 52.4 Å². The fourth-order valence-electron chi connectivity index (χ4n) is 2.05. The number of halogens is 2. The molecule has 0 aromatic heterocycles. The Morgan fingerprint density at radius 3 is 2.72 bits per heavy atom. The van der Waals surface area contributed by atoms with E-state index in [-0.39, 0.29) is 5.57 Å². The maximum atomic E-state index is 11.2. The highest BCUT2D eigenvalue weighted by molar-refractivity contribution is 14.1. The molecule has 0 bridgehead atoms. The summed E-state index contributed by atoms with van der Waals surface area (Å²) in [4.78, 5) is 11.2. The monoisotopic (exact) mass is 512 g/mol. The first kappa shape index (κ1) is 19.3. The lowest BCUT2D eigenvalue weighted by Crippen LogP contribution is -2.12. The molecule has 0 fully saturated rings. The van der Waals surface area contributed by atoms with Crippen molar-refractivity contribution >= 4 is 50.5 Å². The molecule has 2 rings (SSSR count). The predicted octanol–water partition coefficient (Wildman–Crippen LogP) is 4.03. The second-order valence-electron chi connectivity index (χ2n) is 4.95. The van der Waals surface area contributed by atoms with Gasteiger partial charge in [-0.15, -0.1) is 0 Å². The number of ether oxygens (including phenoxy) is 2. The summed E-state index contributed by atoms with van der Waals surface area (Å²) in [7, 11) is 1.53. The Kier molecular flexibility index (Phi) is 6.84. The van der Waals surface area contributed by atoms with Gasteiger partial charge in [0.2, 0.25) is 0 Å². The first-order valence-electron chi connectivity index (χ1n) is 7.11. The molecular weight excluding hydrogens is 499 g/mol. The lowest BCUT2D eigenvalue weighted by molar-refractivity contribution is -0.114. The molecule has 0 spiro atoms. The molecule has 5 nitrogen and oxygen atoms in total. The average Bonchev–Trinajstić information content (AvgIpc) is 2.59. The van der Waals surface area contributed by atoms with Crippen LogP contribution in [0.3, 0.4) is 0 Å². The standard InChI is InChI=1S/C18H14BrIN2O3/c1-24-16-8-11(6-13(9-21)18(22)23)7-15(20)17(16)25-10-12-4-2-3-5-14(12)19/h2-8H,10H2,1H3,(H2,22,23)/b13-6+. The highest BCUT2D eigenvalue weighted by Gasteiger charge is 2.13. The van der Waals surface area contributed by atoms with Gasteiger partial charge in [-0.3, -0.25) is 4.79 Å². The second-order valence-corrected chi connectivity index (χ2v) is 6.96. The van der Waals surface area contributed by atoms with E-state index < -0.39 is 5.91 Å². The van der Waals surface area contributed by atoms with E-state index in [2.05, 4.69) is 38.5 Å². The molecule has 0 atom stereocenters. The zero-order valence-electron chi connectivity index (χ0n) is 13.3. The maximum Gasteiger partial charge on any atom is 0.259 e. The van der Waals surface area contributed by atoms with Gasteiger partial charge in [-0.25, -0.2) is 0 Å². The highest BCUT2D eigenvalue weighted by Crippen LogP contribution is 2.35. The van der Waals surface area contributed by atoms with Crippen LogP contribution in [0.2, 0.25) is 0 Å². The summed E-state index contributed by atoms with van der Waals surface area (Å²) in [6.45, 7) is 0.369. The summed E-state index contributed by atoms with van der Waals surface area (Å²) in [6.07, 6.45) is 1.42. The van der Waals surface area contributed by atoms with Crippen molar-refractivity contribution in [3.05, 3.63) is 61.1 Å². The fraction of sp³-hybridized carbons (Fsp3) is 0.111. The number of methoxy groups -OCH3 is 1. The number of nitrogens with two attached hydrogens (primary N) is 1. The lowest BCUT2D eigenvalue weighted by Gasteiger charge is -2.14. The number of amides is 1. The average molecular weight is 513 g/mol. The summed E-state index contributed by atoms with van der Waals surface area (Å²) in [5.74, 6) is 0.325. The van der Waals surface area contributed by atoms with E-state index in [1.165, 1.54) is 13.2 Å². The van der Waals surface area contributed by atoms with Crippen molar-refractivity contribution in [1.29, 1.82) is 5.26 Å². The van der Waals surface area contributed by atoms with Crippen molar-refractivity contribution in [2.75, 3.05) is 7.11 Å². The van der Waals surface area contributed by atoms with Crippen LogP contribution in [0.1, 0.15) is 11.1 Å². The summed E-state index contributed by atoms with van der Waals surface area (Å²) < 4.78 is 13.1. The van der Waals surface area contributed by atoms with Gasteiger partial charge in [-0.2, -0.15) is 5.26 Å². The van der Waals surface area contributed by atoms with E-state index in [9.17, 15) is 4.79 Å². The Morgan fingerprint density at radius 2 is 2.12 bits per heavy atom. The van der Waals surface area contributed by atoms with Crippen LogP contribution in [0.25, 0.3) is 6.08 Å². The Hall–Kier alpha value is -2.05. The molecule has 0 heterocycles. The van der Waals surface area contributed by atoms with Gasteiger partial charge in [-0.1, -0.05) is 34.1 Å². The summed E-state index contributed by atoms with van der Waals surface area (Å²) in [5, 5.41) is 8.96. The topological polar surface area (TPSA) is 85.3 Å². The third kappa shape index (κ3) is 4.96. The van der Waals surface area contributed by atoms with Crippen LogP contribution >= 0.6 is 38.5 Å². The van der Waals surface area contributed by atoms with E-state index in [4.69, 9.17) is 20.5 Å². The maximum absolute atomic E-state index is 11.2. The minimum atomic E-state index is -0.772. The highest BCUT2D eigenvalue weighted by atomic mass is 127. The molecule has 25 heavy (non-hydrogen) atoms. The number of carbonyl (C=O) groups is 1. The van der Waals surface area contributed by atoms with Crippen molar-refractivity contribution in [2.45, 2.75) is 6.61 Å². The van der Waals surface area contributed by atoms with E-state index in [0.717, 1.165) is 13.6 Å². The van der Waals surface area contributed by atoms with Gasteiger partial charge < -0.3 is 15.2 Å².